The van der Waals surface area contributed by atoms with Gasteiger partial charge in [-0.3, -0.25) is 4.79 Å². The van der Waals surface area contributed by atoms with Gasteiger partial charge in [0.05, 0.1) is 12.2 Å². The number of hydrogen-bond donors (Lipinski definition) is 1. The van der Waals surface area contributed by atoms with Crippen molar-refractivity contribution in [2.75, 3.05) is 0 Å². The summed E-state index contributed by atoms with van der Waals surface area (Å²) in [6, 6.07) is 28.3. The van der Waals surface area contributed by atoms with E-state index in [1.54, 1.807) is 6.20 Å². The van der Waals surface area contributed by atoms with Gasteiger partial charge >= 0.3 is 0 Å². The molecule has 31 heavy (non-hydrogen) atoms. The Labute approximate surface area is 183 Å². The van der Waals surface area contributed by atoms with Crippen molar-refractivity contribution in [2.45, 2.75) is 32.2 Å². The first-order valence-corrected chi connectivity index (χ1v) is 10.6. The average Bonchev–Trinajstić information content (AvgIpc) is 3.28. The molecule has 1 atom stereocenters. The van der Waals surface area contributed by atoms with E-state index in [1.807, 2.05) is 60.7 Å². The molecule has 0 aliphatic rings. The standard InChI is InChI=1S/C27H26N2O2/c1-20-12-14-23(15-13-20)25-19-28-27(31-25)17-16-26(30)29-24(22-10-6-3-7-11-22)18-21-8-4-2-5-9-21/h2-15,19,24H,16-18H2,1H3,(H,29,30). The van der Waals surface area contributed by atoms with Gasteiger partial charge in [0.15, 0.2) is 11.7 Å². The van der Waals surface area contributed by atoms with E-state index in [1.165, 1.54) is 11.1 Å². The fourth-order valence-corrected chi connectivity index (χ4v) is 3.55. The Kier molecular flexibility index (Phi) is 6.58. The summed E-state index contributed by atoms with van der Waals surface area (Å²) in [5.41, 5.74) is 4.47. The van der Waals surface area contributed by atoms with Gasteiger partial charge in [-0.05, 0) is 24.5 Å². The third kappa shape index (κ3) is 5.70. The minimum atomic E-state index is -0.0798. The van der Waals surface area contributed by atoms with Crippen LogP contribution in [0, 0.1) is 6.92 Å². The molecule has 0 bridgehead atoms. The first kappa shape index (κ1) is 20.6. The molecule has 0 fully saturated rings. The number of rotatable bonds is 8. The Morgan fingerprint density at radius 2 is 1.61 bits per heavy atom. The molecule has 4 aromatic rings. The Morgan fingerprint density at radius 1 is 0.935 bits per heavy atom. The maximum atomic E-state index is 12.7. The van der Waals surface area contributed by atoms with Gasteiger partial charge < -0.3 is 9.73 Å². The van der Waals surface area contributed by atoms with Crippen molar-refractivity contribution in [2.24, 2.45) is 0 Å². The maximum absolute atomic E-state index is 12.7. The van der Waals surface area contributed by atoms with Crippen molar-refractivity contribution in [3.63, 3.8) is 0 Å². The van der Waals surface area contributed by atoms with E-state index < -0.39 is 0 Å². The third-order valence-electron chi connectivity index (χ3n) is 5.28. The van der Waals surface area contributed by atoms with Crippen LogP contribution in [0.5, 0.6) is 0 Å². The summed E-state index contributed by atoms with van der Waals surface area (Å²) in [5.74, 6) is 1.28. The van der Waals surface area contributed by atoms with Crippen LogP contribution in [0.25, 0.3) is 11.3 Å². The van der Waals surface area contributed by atoms with Crippen molar-refractivity contribution < 1.29 is 9.21 Å². The number of nitrogens with zero attached hydrogens (tertiary/aromatic N) is 1. The third-order valence-corrected chi connectivity index (χ3v) is 5.28. The number of amides is 1. The molecule has 0 saturated heterocycles. The van der Waals surface area contributed by atoms with Crippen LogP contribution < -0.4 is 5.32 Å². The van der Waals surface area contributed by atoms with E-state index in [-0.39, 0.29) is 11.9 Å². The number of carbonyl (C=O) groups is 1. The summed E-state index contributed by atoms with van der Waals surface area (Å²) < 4.78 is 5.85. The molecule has 1 amide bonds. The van der Waals surface area contributed by atoms with Gasteiger partial charge in [0.25, 0.3) is 0 Å². The predicted molar refractivity (Wildman–Crippen MR) is 122 cm³/mol. The van der Waals surface area contributed by atoms with Gasteiger partial charge in [0, 0.05) is 18.4 Å². The van der Waals surface area contributed by atoms with Crippen molar-refractivity contribution in [3.8, 4) is 11.3 Å². The summed E-state index contributed by atoms with van der Waals surface area (Å²) in [5, 5.41) is 3.19. The molecule has 0 aliphatic carbocycles. The van der Waals surface area contributed by atoms with Crippen molar-refractivity contribution >= 4 is 5.91 Å². The average molecular weight is 411 g/mol. The number of hydrogen-bond acceptors (Lipinski definition) is 3. The highest BCUT2D eigenvalue weighted by atomic mass is 16.4. The Morgan fingerprint density at radius 3 is 2.32 bits per heavy atom. The molecule has 3 aromatic carbocycles. The zero-order chi connectivity index (χ0) is 21.5. The molecule has 0 aliphatic heterocycles. The SMILES string of the molecule is Cc1ccc(-c2cnc(CCC(=O)NC(Cc3ccccc3)c3ccccc3)o2)cc1. The van der Waals surface area contributed by atoms with E-state index in [9.17, 15) is 4.79 Å². The lowest BCUT2D eigenvalue weighted by Gasteiger charge is -2.19. The van der Waals surface area contributed by atoms with Gasteiger partial charge in [0.1, 0.15) is 0 Å². The molecule has 156 valence electrons. The van der Waals surface area contributed by atoms with Crippen molar-refractivity contribution in [3.05, 3.63) is 114 Å². The summed E-state index contributed by atoms with van der Waals surface area (Å²) in [7, 11) is 0. The minimum Gasteiger partial charge on any atom is -0.441 e. The van der Waals surface area contributed by atoms with Crippen LogP contribution in [0.15, 0.2) is 95.5 Å². The van der Waals surface area contributed by atoms with Crippen molar-refractivity contribution in [1.82, 2.24) is 10.3 Å². The van der Waals surface area contributed by atoms with E-state index in [4.69, 9.17) is 4.42 Å². The van der Waals surface area contributed by atoms with Gasteiger partial charge in [0.2, 0.25) is 5.91 Å². The second-order valence-electron chi connectivity index (χ2n) is 7.70. The Balaban J connectivity index is 1.38. The number of benzene rings is 3. The van der Waals surface area contributed by atoms with Crippen LogP contribution in [-0.2, 0) is 17.6 Å². The number of aromatic nitrogens is 1. The van der Waals surface area contributed by atoms with E-state index in [2.05, 4.69) is 41.5 Å². The summed E-state index contributed by atoms with van der Waals surface area (Å²) in [6.07, 6.45) is 3.25. The van der Waals surface area contributed by atoms with Gasteiger partial charge in [-0.2, -0.15) is 0 Å². The first-order chi connectivity index (χ1) is 15.2. The van der Waals surface area contributed by atoms with E-state index >= 15 is 0 Å². The molecule has 1 aromatic heterocycles. The normalized spacial score (nSPS) is 11.8. The fourth-order valence-electron chi connectivity index (χ4n) is 3.55. The molecular formula is C27H26N2O2. The molecule has 0 saturated carbocycles. The molecule has 4 heteroatoms. The molecule has 1 N–H and O–H groups in total. The lowest BCUT2D eigenvalue weighted by atomic mass is 9.98. The number of nitrogens with one attached hydrogen (secondary N) is 1. The minimum absolute atomic E-state index is 0.0140. The maximum Gasteiger partial charge on any atom is 0.221 e. The second kappa shape index (κ2) is 9.90. The highest BCUT2D eigenvalue weighted by Crippen LogP contribution is 2.22. The first-order valence-electron chi connectivity index (χ1n) is 10.6. The number of oxazole rings is 1. The van der Waals surface area contributed by atoms with Crippen molar-refractivity contribution in [1.29, 1.82) is 0 Å². The molecular weight excluding hydrogens is 384 g/mol. The van der Waals surface area contributed by atoms with Gasteiger partial charge in [-0.15, -0.1) is 0 Å². The zero-order valence-corrected chi connectivity index (χ0v) is 17.6. The topological polar surface area (TPSA) is 55.1 Å². The number of aryl methyl sites for hydroxylation is 2. The summed E-state index contributed by atoms with van der Waals surface area (Å²) in [6.45, 7) is 2.05. The van der Waals surface area contributed by atoms with Gasteiger partial charge in [-0.25, -0.2) is 4.98 Å². The molecule has 0 radical (unpaired) electrons. The predicted octanol–water partition coefficient (Wildman–Crippen LogP) is 5.68. The molecule has 4 rings (SSSR count). The van der Waals surface area contributed by atoms with E-state index in [0.29, 0.717) is 18.7 Å². The Hall–Kier alpha value is -3.66. The quantitative estimate of drug-likeness (QED) is 0.406. The summed E-state index contributed by atoms with van der Waals surface area (Å²) >= 11 is 0. The molecule has 4 nitrogen and oxygen atoms in total. The fraction of sp³-hybridized carbons (Fsp3) is 0.185. The summed E-state index contributed by atoms with van der Waals surface area (Å²) in [4.78, 5) is 17.1. The smallest absolute Gasteiger partial charge is 0.221 e. The molecule has 1 heterocycles. The second-order valence-corrected chi connectivity index (χ2v) is 7.70. The molecule has 1 unspecified atom stereocenters. The van der Waals surface area contributed by atoms with Crippen LogP contribution in [0.2, 0.25) is 0 Å². The van der Waals surface area contributed by atoms with Crippen LogP contribution in [0.1, 0.15) is 35.0 Å². The van der Waals surface area contributed by atoms with Crippen LogP contribution >= 0.6 is 0 Å². The van der Waals surface area contributed by atoms with Crippen LogP contribution in [-0.4, -0.2) is 10.9 Å². The highest BCUT2D eigenvalue weighted by Gasteiger charge is 2.16. The lowest BCUT2D eigenvalue weighted by molar-refractivity contribution is -0.121. The largest absolute Gasteiger partial charge is 0.441 e. The van der Waals surface area contributed by atoms with E-state index in [0.717, 1.165) is 23.3 Å². The zero-order valence-electron chi connectivity index (χ0n) is 17.6. The van der Waals surface area contributed by atoms with Gasteiger partial charge in [-0.1, -0.05) is 90.5 Å². The highest BCUT2D eigenvalue weighted by molar-refractivity contribution is 5.76. The monoisotopic (exact) mass is 410 g/mol. The Bertz CT molecular complexity index is 1100. The molecule has 0 spiro atoms. The number of carbonyl (C=O) groups excluding carboxylic acids is 1. The lowest BCUT2D eigenvalue weighted by Crippen LogP contribution is -2.30. The van der Waals surface area contributed by atoms with Crippen LogP contribution in [0.4, 0.5) is 0 Å². The van der Waals surface area contributed by atoms with Crippen LogP contribution in [0.3, 0.4) is 0 Å².